The van der Waals surface area contributed by atoms with Crippen molar-refractivity contribution in [1.29, 1.82) is 0 Å². The zero-order chi connectivity index (χ0) is 23.1. The first-order valence-electron chi connectivity index (χ1n) is 11.6. The van der Waals surface area contributed by atoms with E-state index in [2.05, 4.69) is 30.0 Å². The van der Waals surface area contributed by atoms with Crippen LogP contribution in [0.15, 0.2) is 42.5 Å². The summed E-state index contributed by atoms with van der Waals surface area (Å²) < 4.78 is 5.07. The van der Waals surface area contributed by atoms with Gasteiger partial charge in [0.25, 0.3) is 0 Å². The zero-order valence-corrected chi connectivity index (χ0v) is 19.7. The van der Waals surface area contributed by atoms with Gasteiger partial charge in [0.1, 0.15) is 0 Å². The summed E-state index contributed by atoms with van der Waals surface area (Å²) in [5.41, 5.74) is 9.30. The highest BCUT2D eigenvalue weighted by Crippen LogP contribution is 2.43. The molecule has 5 nitrogen and oxygen atoms in total. The Kier molecular flexibility index (Phi) is 8.57. The number of hydrogen-bond donors (Lipinski definition) is 1. The first-order valence-corrected chi connectivity index (χ1v) is 11.9. The molecule has 0 aliphatic carbocycles. The normalized spacial score (nSPS) is 15.8. The number of hydrogen-bond acceptors (Lipinski definition) is 4. The second-order valence-corrected chi connectivity index (χ2v) is 8.75. The smallest absolute Gasteiger partial charge is 0.338 e. The molecule has 172 valence electrons. The lowest BCUT2D eigenvalue weighted by Gasteiger charge is -2.34. The average molecular weight is 457 g/mol. The Hall–Kier alpha value is -2.53. The van der Waals surface area contributed by atoms with Gasteiger partial charge < -0.3 is 15.4 Å². The minimum atomic E-state index is -0.593. The number of ether oxygens (including phenoxy) is 1. The number of carbonyl (C=O) groups excluding carboxylic acids is 2. The minimum absolute atomic E-state index is 0.110. The number of amides is 1. The van der Waals surface area contributed by atoms with Crippen LogP contribution in [0.25, 0.3) is 0 Å². The summed E-state index contributed by atoms with van der Waals surface area (Å²) in [5, 5.41) is 0.357. The lowest BCUT2D eigenvalue weighted by molar-refractivity contribution is -0.120. The quantitative estimate of drug-likeness (QED) is 0.494. The molecule has 2 unspecified atom stereocenters. The summed E-state index contributed by atoms with van der Waals surface area (Å²) in [6.07, 6.45) is 5.31. The molecule has 1 aliphatic heterocycles. The van der Waals surface area contributed by atoms with Gasteiger partial charge in [0.05, 0.1) is 18.1 Å². The van der Waals surface area contributed by atoms with Gasteiger partial charge in [-0.2, -0.15) is 0 Å². The summed E-state index contributed by atoms with van der Waals surface area (Å²) in [6.45, 7) is 6.19. The van der Waals surface area contributed by atoms with E-state index in [4.69, 9.17) is 22.1 Å². The van der Waals surface area contributed by atoms with Crippen LogP contribution in [0.3, 0.4) is 0 Å². The van der Waals surface area contributed by atoms with E-state index < -0.39 is 17.8 Å². The average Bonchev–Trinajstić information content (AvgIpc) is 2.80. The molecule has 32 heavy (non-hydrogen) atoms. The molecule has 2 aromatic carbocycles. The van der Waals surface area contributed by atoms with Crippen LogP contribution in [-0.4, -0.2) is 31.6 Å². The number of halogens is 1. The molecule has 0 bridgehead atoms. The number of nitrogens with two attached hydrogens (primary N) is 1. The number of carbonyl (C=O) groups is 2. The van der Waals surface area contributed by atoms with Gasteiger partial charge in [0.2, 0.25) is 5.91 Å². The van der Waals surface area contributed by atoms with Crippen molar-refractivity contribution in [3.63, 3.8) is 0 Å². The molecule has 1 fully saturated rings. The Balaban J connectivity index is 2.04. The molecule has 1 aliphatic rings. The van der Waals surface area contributed by atoms with Crippen LogP contribution in [-0.2, 0) is 9.53 Å². The molecule has 0 aromatic heterocycles. The first-order chi connectivity index (χ1) is 15.5. The zero-order valence-electron chi connectivity index (χ0n) is 19.0. The molecule has 0 saturated carbocycles. The lowest BCUT2D eigenvalue weighted by Crippen LogP contribution is -2.32. The summed E-state index contributed by atoms with van der Waals surface area (Å²) in [4.78, 5) is 27.3. The maximum Gasteiger partial charge on any atom is 0.338 e. The largest absolute Gasteiger partial charge is 0.462 e. The van der Waals surface area contributed by atoms with Crippen LogP contribution < -0.4 is 10.6 Å². The van der Waals surface area contributed by atoms with Crippen molar-refractivity contribution in [3.05, 3.63) is 64.2 Å². The molecule has 0 radical (unpaired) electrons. The number of piperidine rings is 1. The Morgan fingerprint density at radius 3 is 2.41 bits per heavy atom. The van der Waals surface area contributed by atoms with Crippen molar-refractivity contribution in [2.75, 3.05) is 24.6 Å². The molecular formula is C26H33ClN2O3. The number of primary amides is 1. The van der Waals surface area contributed by atoms with Gasteiger partial charge in [-0.25, -0.2) is 4.79 Å². The van der Waals surface area contributed by atoms with E-state index >= 15 is 0 Å². The third kappa shape index (κ3) is 5.44. The van der Waals surface area contributed by atoms with Gasteiger partial charge in [0.15, 0.2) is 0 Å². The van der Waals surface area contributed by atoms with E-state index in [1.165, 1.54) is 24.9 Å². The Labute approximate surface area is 195 Å². The molecule has 1 saturated heterocycles. The first kappa shape index (κ1) is 24.1. The van der Waals surface area contributed by atoms with Gasteiger partial charge in [-0.3, -0.25) is 4.79 Å². The molecule has 1 amide bonds. The van der Waals surface area contributed by atoms with E-state index in [0.29, 0.717) is 16.1 Å². The fraction of sp³-hybridized carbons (Fsp3) is 0.462. The van der Waals surface area contributed by atoms with Crippen LogP contribution in [0.2, 0.25) is 5.02 Å². The van der Waals surface area contributed by atoms with E-state index in [1.807, 2.05) is 6.07 Å². The molecular weight excluding hydrogens is 424 g/mol. The third-order valence-corrected chi connectivity index (χ3v) is 6.52. The molecule has 2 N–H and O–H groups in total. The Morgan fingerprint density at radius 1 is 1.06 bits per heavy atom. The fourth-order valence-corrected chi connectivity index (χ4v) is 5.02. The minimum Gasteiger partial charge on any atom is -0.462 e. The van der Waals surface area contributed by atoms with E-state index in [-0.39, 0.29) is 12.5 Å². The van der Waals surface area contributed by atoms with E-state index in [0.717, 1.165) is 31.5 Å². The van der Waals surface area contributed by atoms with E-state index in [1.54, 1.807) is 25.1 Å². The number of benzene rings is 2. The number of esters is 1. The summed E-state index contributed by atoms with van der Waals surface area (Å²) >= 11 is 6.61. The maximum absolute atomic E-state index is 12.8. The maximum atomic E-state index is 12.8. The van der Waals surface area contributed by atoms with E-state index in [9.17, 15) is 9.59 Å². The van der Waals surface area contributed by atoms with Gasteiger partial charge in [-0.1, -0.05) is 49.2 Å². The molecule has 0 spiro atoms. The topological polar surface area (TPSA) is 72.6 Å². The van der Waals surface area contributed by atoms with Crippen LogP contribution >= 0.6 is 11.6 Å². The van der Waals surface area contributed by atoms with Crippen molar-refractivity contribution in [1.82, 2.24) is 0 Å². The van der Waals surface area contributed by atoms with Gasteiger partial charge in [-0.05, 0) is 61.9 Å². The van der Waals surface area contributed by atoms with Gasteiger partial charge in [0, 0.05) is 29.7 Å². The third-order valence-electron chi connectivity index (χ3n) is 6.19. The molecule has 6 heteroatoms. The highest BCUT2D eigenvalue weighted by molar-refractivity contribution is 6.32. The molecule has 1 heterocycles. The Morgan fingerprint density at radius 2 is 1.78 bits per heavy atom. The van der Waals surface area contributed by atoms with Crippen molar-refractivity contribution < 1.29 is 14.3 Å². The van der Waals surface area contributed by atoms with Gasteiger partial charge >= 0.3 is 5.97 Å². The monoisotopic (exact) mass is 456 g/mol. The number of para-hydroxylation sites is 1. The van der Waals surface area contributed by atoms with Crippen LogP contribution in [0.5, 0.6) is 0 Å². The summed E-state index contributed by atoms with van der Waals surface area (Å²) in [7, 11) is 0. The van der Waals surface area contributed by atoms with Crippen LogP contribution in [0, 0.1) is 0 Å². The standard InChI is InChI=1S/C26H33ClN2O3/c1-3-10-20(19-11-6-7-12-23(19)29-15-8-5-9-16-29)24(25(28)30)21-14-13-18(17-22(21)27)26(31)32-4-2/h6-7,11-14,17,20,24H,3-5,8-10,15-16H2,1-2H3,(H2,28,30). The predicted octanol–water partition coefficient (Wildman–Crippen LogP) is 5.66. The molecule has 2 aromatic rings. The van der Waals surface area contributed by atoms with Crippen molar-refractivity contribution in [2.24, 2.45) is 5.73 Å². The van der Waals surface area contributed by atoms with Crippen molar-refractivity contribution >= 4 is 29.2 Å². The fourth-order valence-electron chi connectivity index (χ4n) is 4.73. The number of rotatable bonds is 9. The van der Waals surface area contributed by atoms with Crippen LogP contribution in [0.4, 0.5) is 5.69 Å². The highest BCUT2D eigenvalue weighted by Gasteiger charge is 2.33. The van der Waals surface area contributed by atoms with Crippen LogP contribution in [0.1, 0.15) is 79.3 Å². The number of anilines is 1. The second kappa shape index (κ2) is 11.4. The lowest BCUT2D eigenvalue weighted by atomic mass is 9.77. The van der Waals surface area contributed by atoms with Crippen molar-refractivity contribution in [3.8, 4) is 0 Å². The highest BCUT2D eigenvalue weighted by atomic mass is 35.5. The molecule has 2 atom stereocenters. The Bertz CT molecular complexity index is 940. The second-order valence-electron chi connectivity index (χ2n) is 8.34. The van der Waals surface area contributed by atoms with Gasteiger partial charge in [-0.15, -0.1) is 0 Å². The number of nitrogens with zero attached hydrogens (tertiary/aromatic N) is 1. The summed E-state index contributed by atoms with van der Waals surface area (Å²) in [5.74, 6) is -1.55. The summed E-state index contributed by atoms with van der Waals surface area (Å²) in [6, 6.07) is 13.3. The molecule has 3 rings (SSSR count). The van der Waals surface area contributed by atoms with Crippen molar-refractivity contribution in [2.45, 2.75) is 57.8 Å². The SMILES string of the molecule is CCCC(c1ccccc1N1CCCCC1)C(C(N)=O)c1ccc(C(=O)OCC)cc1Cl. The predicted molar refractivity (Wildman–Crippen MR) is 129 cm³/mol.